The van der Waals surface area contributed by atoms with E-state index in [0.717, 1.165) is 39.0 Å². The summed E-state index contributed by atoms with van der Waals surface area (Å²) < 4.78 is 4.74. The van der Waals surface area contributed by atoms with Gasteiger partial charge in [0, 0.05) is 34.7 Å². The molecule has 3 aromatic carbocycles. The molecule has 6 nitrogen and oxygen atoms in total. The Labute approximate surface area is 184 Å². The topological polar surface area (TPSA) is 80.3 Å². The maximum absolute atomic E-state index is 12.6. The predicted molar refractivity (Wildman–Crippen MR) is 125 cm³/mol. The number of anilines is 2. The molecule has 0 unspecified atom stereocenters. The van der Waals surface area contributed by atoms with Crippen molar-refractivity contribution in [3.05, 3.63) is 96.3 Å². The number of methoxy groups -OCH3 is 1. The second kappa shape index (κ2) is 8.00. The molecule has 1 aliphatic rings. The van der Waals surface area contributed by atoms with Crippen molar-refractivity contribution < 1.29 is 14.3 Å². The molecule has 6 heteroatoms. The molecule has 1 amide bonds. The summed E-state index contributed by atoms with van der Waals surface area (Å²) in [5, 5.41) is 7.08. The SMILES string of the molecule is COC(=O)c1ccc(-c2ccc(NC=C3C(=O)Nc4ccc5ncccc5c43)cc2)cc1. The van der Waals surface area contributed by atoms with Gasteiger partial charge in [0.1, 0.15) is 0 Å². The van der Waals surface area contributed by atoms with Gasteiger partial charge in [-0.3, -0.25) is 9.78 Å². The third-order valence-electron chi connectivity index (χ3n) is 5.45. The van der Waals surface area contributed by atoms with Crippen LogP contribution in [0.5, 0.6) is 0 Å². The molecule has 0 atom stereocenters. The zero-order valence-corrected chi connectivity index (χ0v) is 17.3. The lowest BCUT2D eigenvalue weighted by molar-refractivity contribution is -0.110. The van der Waals surface area contributed by atoms with Crippen LogP contribution in [-0.4, -0.2) is 24.0 Å². The molecule has 2 heterocycles. The predicted octanol–water partition coefficient (Wildman–Crippen LogP) is 5.09. The number of amides is 1. The summed E-state index contributed by atoms with van der Waals surface area (Å²) in [5.41, 5.74) is 6.43. The molecule has 0 saturated heterocycles. The summed E-state index contributed by atoms with van der Waals surface area (Å²) in [5.74, 6) is -0.503. The number of pyridine rings is 1. The van der Waals surface area contributed by atoms with Crippen molar-refractivity contribution in [2.45, 2.75) is 0 Å². The first-order chi connectivity index (χ1) is 15.6. The Hall–Kier alpha value is -4.45. The minimum Gasteiger partial charge on any atom is -0.465 e. The minimum atomic E-state index is -0.356. The van der Waals surface area contributed by atoms with Crippen molar-refractivity contribution in [2.24, 2.45) is 0 Å². The summed E-state index contributed by atoms with van der Waals surface area (Å²) in [6.45, 7) is 0. The lowest BCUT2D eigenvalue weighted by atomic mass is 10.0. The largest absolute Gasteiger partial charge is 0.465 e. The summed E-state index contributed by atoms with van der Waals surface area (Å²) >= 11 is 0. The summed E-state index contributed by atoms with van der Waals surface area (Å²) in [7, 11) is 1.37. The quantitative estimate of drug-likeness (QED) is 0.354. The van der Waals surface area contributed by atoms with Crippen LogP contribution in [0.4, 0.5) is 11.4 Å². The monoisotopic (exact) mass is 421 g/mol. The van der Waals surface area contributed by atoms with Crippen LogP contribution in [0.3, 0.4) is 0 Å². The second-order valence-corrected chi connectivity index (χ2v) is 7.36. The van der Waals surface area contributed by atoms with Crippen LogP contribution in [0, 0.1) is 0 Å². The van der Waals surface area contributed by atoms with Crippen LogP contribution in [-0.2, 0) is 9.53 Å². The number of ether oxygens (including phenoxy) is 1. The van der Waals surface area contributed by atoms with Gasteiger partial charge in [-0.1, -0.05) is 30.3 Å². The Morgan fingerprint density at radius 3 is 2.41 bits per heavy atom. The molecule has 2 N–H and O–H groups in total. The van der Waals surface area contributed by atoms with Crippen molar-refractivity contribution in [3.63, 3.8) is 0 Å². The lowest BCUT2D eigenvalue weighted by Crippen LogP contribution is -2.05. The molecular formula is C26H19N3O3. The van der Waals surface area contributed by atoms with E-state index in [1.165, 1.54) is 7.11 Å². The Balaban J connectivity index is 1.39. The van der Waals surface area contributed by atoms with E-state index in [2.05, 4.69) is 15.6 Å². The minimum absolute atomic E-state index is 0.147. The summed E-state index contributed by atoms with van der Waals surface area (Å²) in [6, 6.07) is 22.7. The van der Waals surface area contributed by atoms with Crippen molar-refractivity contribution in [3.8, 4) is 11.1 Å². The highest BCUT2D eigenvalue weighted by atomic mass is 16.5. The Bertz CT molecular complexity index is 1370. The fraction of sp³-hybridized carbons (Fsp3) is 0.0385. The standard InChI is InChI=1S/C26H19N3O3/c1-32-26(31)18-6-4-16(5-7-18)17-8-10-19(11-9-17)28-15-21-24-20-3-2-14-27-22(20)12-13-23(24)29-25(21)30/h2-15,28H,1H3,(H,29,30). The number of carbonyl (C=O) groups is 2. The number of fused-ring (bicyclic) bond motifs is 3. The van der Waals surface area contributed by atoms with Gasteiger partial charge < -0.3 is 15.4 Å². The van der Waals surface area contributed by atoms with E-state index in [1.807, 2.05) is 60.7 Å². The van der Waals surface area contributed by atoms with Crippen molar-refractivity contribution in [1.29, 1.82) is 0 Å². The fourth-order valence-electron chi connectivity index (χ4n) is 3.82. The van der Waals surface area contributed by atoms with Gasteiger partial charge in [-0.15, -0.1) is 0 Å². The summed E-state index contributed by atoms with van der Waals surface area (Å²) in [6.07, 6.45) is 3.47. The van der Waals surface area contributed by atoms with E-state index >= 15 is 0 Å². The smallest absolute Gasteiger partial charge is 0.337 e. The van der Waals surface area contributed by atoms with E-state index in [1.54, 1.807) is 24.5 Å². The maximum Gasteiger partial charge on any atom is 0.337 e. The van der Waals surface area contributed by atoms with Crippen LogP contribution in [0.15, 0.2) is 85.2 Å². The fourth-order valence-corrected chi connectivity index (χ4v) is 3.82. The van der Waals surface area contributed by atoms with Gasteiger partial charge in [-0.05, 0) is 53.6 Å². The molecule has 0 saturated carbocycles. The number of aromatic nitrogens is 1. The zero-order chi connectivity index (χ0) is 22.1. The molecule has 32 heavy (non-hydrogen) atoms. The molecular weight excluding hydrogens is 402 g/mol. The average molecular weight is 421 g/mol. The van der Waals surface area contributed by atoms with Crippen molar-refractivity contribution >= 4 is 39.7 Å². The van der Waals surface area contributed by atoms with E-state index in [9.17, 15) is 9.59 Å². The van der Waals surface area contributed by atoms with Gasteiger partial charge in [0.25, 0.3) is 5.91 Å². The van der Waals surface area contributed by atoms with Crippen LogP contribution >= 0.6 is 0 Å². The zero-order valence-electron chi connectivity index (χ0n) is 17.3. The third-order valence-corrected chi connectivity index (χ3v) is 5.45. The maximum atomic E-state index is 12.6. The van der Waals surface area contributed by atoms with Gasteiger partial charge in [0.2, 0.25) is 0 Å². The highest BCUT2D eigenvalue weighted by Crippen LogP contribution is 2.37. The second-order valence-electron chi connectivity index (χ2n) is 7.36. The van der Waals surface area contributed by atoms with Crippen LogP contribution in [0.1, 0.15) is 15.9 Å². The number of nitrogens with zero attached hydrogens (tertiary/aromatic N) is 1. The highest BCUT2D eigenvalue weighted by Gasteiger charge is 2.26. The van der Waals surface area contributed by atoms with Crippen LogP contribution in [0.2, 0.25) is 0 Å². The van der Waals surface area contributed by atoms with Crippen LogP contribution < -0.4 is 10.6 Å². The van der Waals surface area contributed by atoms with Gasteiger partial charge in [0.05, 0.1) is 23.8 Å². The molecule has 156 valence electrons. The van der Waals surface area contributed by atoms with E-state index < -0.39 is 0 Å². The lowest BCUT2D eigenvalue weighted by Gasteiger charge is -2.07. The number of benzene rings is 3. The molecule has 0 bridgehead atoms. The number of esters is 1. The first-order valence-corrected chi connectivity index (χ1v) is 10.1. The first-order valence-electron chi connectivity index (χ1n) is 10.1. The van der Waals surface area contributed by atoms with Crippen molar-refractivity contribution in [1.82, 2.24) is 4.98 Å². The average Bonchev–Trinajstić information content (AvgIpc) is 3.18. The Morgan fingerprint density at radius 1 is 0.969 bits per heavy atom. The van der Waals surface area contributed by atoms with Crippen molar-refractivity contribution in [2.75, 3.05) is 17.7 Å². The molecule has 0 aliphatic carbocycles. The number of carbonyl (C=O) groups excluding carboxylic acids is 2. The molecule has 1 aromatic heterocycles. The summed E-state index contributed by atoms with van der Waals surface area (Å²) in [4.78, 5) is 28.5. The number of rotatable bonds is 4. The molecule has 0 radical (unpaired) electrons. The molecule has 0 fully saturated rings. The highest BCUT2D eigenvalue weighted by molar-refractivity contribution is 6.34. The first kappa shape index (κ1) is 19.5. The van der Waals surface area contributed by atoms with Crippen LogP contribution in [0.25, 0.3) is 27.6 Å². The third kappa shape index (κ3) is 3.48. The molecule has 1 aliphatic heterocycles. The number of hydrogen-bond donors (Lipinski definition) is 2. The van der Waals surface area contributed by atoms with Gasteiger partial charge in [-0.25, -0.2) is 4.79 Å². The Morgan fingerprint density at radius 2 is 1.69 bits per heavy atom. The molecule has 0 spiro atoms. The number of hydrogen-bond acceptors (Lipinski definition) is 5. The normalized spacial score (nSPS) is 13.7. The van der Waals surface area contributed by atoms with E-state index in [4.69, 9.17) is 4.74 Å². The van der Waals surface area contributed by atoms with Gasteiger partial charge >= 0.3 is 5.97 Å². The van der Waals surface area contributed by atoms with Gasteiger partial charge in [0.15, 0.2) is 0 Å². The Kier molecular flexibility index (Phi) is 4.88. The van der Waals surface area contributed by atoms with E-state index in [-0.39, 0.29) is 11.9 Å². The molecule has 4 aromatic rings. The van der Waals surface area contributed by atoms with E-state index in [0.29, 0.717) is 11.1 Å². The van der Waals surface area contributed by atoms with Gasteiger partial charge in [-0.2, -0.15) is 0 Å². The number of nitrogens with one attached hydrogen (secondary N) is 2. The molecule has 5 rings (SSSR count).